The van der Waals surface area contributed by atoms with Crippen molar-refractivity contribution >= 4 is 16.1 Å². The average Bonchev–Trinajstić information content (AvgIpc) is 2.35. The Morgan fingerprint density at radius 2 is 1.76 bits per heavy atom. The van der Waals surface area contributed by atoms with E-state index >= 15 is 0 Å². The molecule has 0 spiro atoms. The Morgan fingerprint density at radius 3 is 2.29 bits per heavy atom. The third-order valence-corrected chi connectivity index (χ3v) is 3.82. The molecule has 0 radical (unpaired) electrons. The van der Waals surface area contributed by atoms with Crippen LogP contribution in [0.1, 0.15) is 40.5 Å². The van der Waals surface area contributed by atoms with E-state index in [4.69, 9.17) is 0 Å². The Kier molecular flexibility index (Phi) is 5.92. The van der Waals surface area contributed by atoms with Gasteiger partial charge in [0.1, 0.15) is 0 Å². The zero-order valence-electron chi connectivity index (χ0n) is 12.8. The van der Waals surface area contributed by atoms with Crippen LogP contribution in [0.15, 0.2) is 35.2 Å². The second-order valence-corrected chi connectivity index (χ2v) is 7.88. The minimum Gasteiger partial charge on any atom is -0.281 e. The van der Waals surface area contributed by atoms with Crippen molar-refractivity contribution in [2.75, 3.05) is 0 Å². The van der Waals surface area contributed by atoms with E-state index in [0.717, 1.165) is 6.42 Å². The van der Waals surface area contributed by atoms with Crippen molar-refractivity contribution in [3.8, 4) is 0 Å². The Bertz CT molecular complexity index is 557. The van der Waals surface area contributed by atoms with Crippen LogP contribution in [-0.2, 0) is 24.1 Å². The monoisotopic (exact) mass is 314 g/mol. The van der Waals surface area contributed by atoms with Crippen molar-refractivity contribution in [2.24, 2.45) is 11.3 Å². The van der Waals surface area contributed by atoms with E-state index in [1.165, 1.54) is 12.1 Å². The molecule has 5 nitrogen and oxygen atoms in total. The summed E-state index contributed by atoms with van der Waals surface area (Å²) in [6, 6.07) is 7.53. The average molecular weight is 314 g/mol. The molecule has 0 bridgehead atoms. The Morgan fingerprint density at radius 1 is 1.19 bits per heavy atom. The first-order valence-electron chi connectivity index (χ1n) is 6.79. The molecule has 0 saturated carbocycles. The summed E-state index contributed by atoms with van der Waals surface area (Å²) in [5.41, 5.74) is 0.0939. The summed E-state index contributed by atoms with van der Waals surface area (Å²) in [6.07, 6.45) is 0.940. The van der Waals surface area contributed by atoms with Crippen LogP contribution >= 0.6 is 0 Å². The second kappa shape index (κ2) is 7.04. The molecule has 0 aliphatic heterocycles. The predicted octanol–water partition coefficient (Wildman–Crippen LogP) is 3.31. The third kappa shape index (κ3) is 6.73. The van der Waals surface area contributed by atoms with Gasteiger partial charge in [0.2, 0.25) is 0 Å². The summed E-state index contributed by atoms with van der Waals surface area (Å²) < 4.78 is 27.8. The van der Waals surface area contributed by atoms with Crippen LogP contribution in [0.25, 0.3) is 0 Å². The van der Waals surface area contributed by atoms with Gasteiger partial charge in [-0.2, -0.15) is 8.42 Å². The number of carbonyl (C=O) groups is 1. The lowest BCUT2D eigenvalue weighted by molar-refractivity contribution is -0.212. The summed E-state index contributed by atoms with van der Waals surface area (Å²) in [5.74, 6) is -0.605. The molecule has 1 aromatic rings. The lowest BCUT2D eigenvalue weighted by Crippen LogP contribution is -2.17. The van der Waals surface area contributed by atoms with Crippen molar-refractivity contribution in [1.82, 2.24) is 0 Å². The van der Waals surface area contributed by atoms with Crippen molar-refractivity contribution in [3.63, 3.8) is 0 Å². The predicted molar refractivity (Wildman–Crippen MR) is 78.7 cm³/mol. The van der Waals surface area contributed by atoms with Crippen molar-refractivity contribution in [2.45, 2.75) is 45.4 Å². The van der Waals surface area contributed by atoms with Crippen molar-refractivity contribution in [3.05, 3.63) is 30.3 Å². The molecule has 0 fully saturated rings. The highest BCUT2D eigenvalue weighted by Crippen LogP contribution is 2.26. The van der Waals surface area contributed by atoms with E-state index in [1.54, 1.807) is 18.2 Å². The van der Waals surface area contributed by atoms with Crippen LogP contribution < -0.4 is 0 Å². The summed E-state index contributed by atoms with van der Waals surface area (Å²) in [4.78, 5) is 16.0. The van der Waals surface area contributed by atoms with Crippen LogP contribution in [0.2, 0.25) is 0 Å². The lowest BCUT2D eigenvalue weighted by Gasteiger charge is -2.22. The normalized spacial score (nSPS) is 13.7. The molecule has 118 valence electrons. The highest BCUT2D eigenvalue weighted by Gasteiger charge is 2.22. The summed E-state index contributed by atoms with van der Waals surface area (Å²) >= 11 is 0. The minimum absolute atomic E-state index is 0.0551. The molecule has 1 aromatic carbocycles. The van der Waals surface area contributed by atoms with Crippen LogP contribution in [0.5, 0.6) is 0 Å². The minimum atomic E-state index is -4.07. The first-order valence-corrected chi connectivity index (χ1v) is 8.20. The SMILES string of the molecule is CC(CC(=O)OOS(=O)(=O)c1ccccc1)CC(C)(C)C. The van der Waals surface area contributed by atoms with Gasteiger partial charge in [-0.3, -0.25) is 4.89 Å². The van der Waals surface area contributed by atoms with Gasteiger partial charge in [0.25, 0.3) is 0 Å². The maximum absolute atomic E-state index is 11.8. The van der Waals surface area contributed by atoms with Gasteiger partial charge in [-0.05, 0) is 34.2 Å². The first kappa shape index (κ1) is 17.7. The van der Waals surface area contributed by atoms with Gasteiger partial charge in [-0.1, -0.05) is 45.9 Å². The lowest BCUT2D eigenvalue weighted by atomic mass is 9.84. The van der Waals surface area contributed by atoms with E-state index in [-0.39, 0.29) is 22.6 Å². The van der Waals surface area contributed by atoms with Gasteiger partial charge < -0.3 is 0 Å². The molecule has 0 amide bonds. The largest absolute Gasteiger partial charge is 0.344 e. The fraction of sp³-hybridized carbons (Fsp3) is 0.533. The number of carbonyl (C=O) groups excluding carboxylic acids is 1. The smallest absolute Gasteiger partial charge is 0.281 e. The molecule has 0 heterocycles. The molecule has 0 N–H and O–H groups in total. The van der Waals surface area contributed by atoms with Gasteiger partial charge in [-0.25, -0.2) is 4.79 Å². The van der Waals surface area contributed by atoms with E-state index in [9.17, 15) is 13.2 Å². The molecule has 1 rings (SSSR count). The number of rotatable bonds is 6. The van der Waals surface area contributed by atoms with Crippen molar-refractivity contribution in [1.29, 1.82) is 0 Å². The van der Waals surface area contributed by atoms with Gasteiger partial charge in [0.05, 0.1) is 11.3 Å². The standard InChI is InChI=1S/C15H22O5S/c1-12(11-15(2,3)4)10-14(16)19-20-21(17,18)13-8-6-5-7-9-13/h5-9,12H,10-11H2,1-4H3. The number of hydrogen-bond donors (Lipinski definition) is 0. The summed E-state index contributed by atoms with van der Waals surface area (Å²) in [6.45, 7) is 8.14. The molecule has 6 heteroatoms. The topological polar surface area (TPSA) is 69.7 Å². The van der Waals surface area contributed by atoms with E-state index in [0.29, 0.717) is 0 Å². The molecule has 0 saturated heterocycles. The van der Waals surface area contributed by atoms with E-state index < -0.39 is 16.1 Å². The number of benzene rings is 1. The van der Waals surface area contributed by atoms with E-state index in [2.05, 4.69) is 30.0 Å². The maximum atomic E-state index is 11.8. The van der Waals surface area contributed by atoms with Crippen molar-refractivity contribution < 1.29 is 22.4 Å². The van der Waals surface area contributed by atoms with E-state index in [1.807, 2.05) is 6.92 Å². The van der Waals surface area contributed by atoms with Crippen LogP contribution in [0.4, 0.5) is 0 Å². The molecule has 0 aromatic heterocycles. The molecule has 1 unspecified atom stereocenters. The molecular formula is C15H22O5S. The first-order chi connectivity index (χ1) is 9.60. The highest BCUT2D eigenvalue weighted by molar-refractivity contribution is 7.86. The molecule has 0 aliphatic rings. The summed E-state index contributed by atoms with van der Waals surface area (Å²) in [7, 11) is -4.07. The van der Waals surface area contributed by atoms with Gasteiger partial charge in [0.15, 0.2) is 0 Å². The zero-order valence-corrected chi connectivity index (χ0v) is 13.6. The third-order valence-electron chi connectivity index (χ3n) is 2.72. The van der Waals surface area contributed by atoms with Gasteiger partial charge >= 0.3 is 16.1 Å². The van der Waals surface area contributed by atoms with Crippen LogP contribution in [0.3, 0.4) is 0 Å². The second-order valence-electron chi connectivity index (χ2n) is 6.36. The Labute approximate surface area is 126 Å². The fourth-order valence-corrected chi connectivity index (χ4v) is 2.88. The maximum Gasteiger partial charge on any atom is 0.344 e. The van der Waals surface area contributed by atoms with Gasteiger partial charge in [0, 0.05) is 0 Å². The molecule has 1 atom stereocenters. The molecule has 21 heavy (non-hydrogen) atoms. The van der Waals surface area contributed by atoms with Crippen LogP contribution in [0, 0.1) is 11.3 Å². The van der Waals surface area contributed by atoms with Crippen LogP contribution in [-0.4, -0.2) is 14.4 Å². The quantitative estimate of drug-likeness (QED) is 0.595. The molecule has 0 aliphatic carbocycles. The fourth-order valence-electron chi connectivity index (χ4n) is 2.15. The Hall–Kier alpha value is -1.40. The van der Waals surface area contributed by atoms with Gasteiger partial charge in [-0.15, -0.1) is 0 Å². The molecular weight excluding hydrogens is 292 g/mol. The number of hydrogen-bond acceptors (Lipinski definition) is 5. The summed E-state index contributed by atoms with van der Waals surface area (Å²) in [5, 5.41) is 0. The Balaban J connectivity index is 2.50. The highest BCUT2D eigenvalue weighted by atomic mass is 32.2. The zero-order chi connectivity index (χ0) is 16.1.